The lowest BCUT2D eigenvalue weighted by Crippen LogP contribution is -2.44. The van der Waals surface area contributed by atoms with E-state index in [1.807, 2.05) is 0 Å². The van der Waals surface area contributed by atoms with E-state index >= 15 is 0 Å². The Morgan fingerprint density at radius 3 is 1.96 bits per heavy atom. The van der Waals surface area contributed by atoms with E-state index in [-0.39, 0.29) is 13.0 Å². The van der Waals surface area contributed by atoms with Crippen LogP contribution in [0, 0.1) is 0 Å². The lowest BCUT2D eigenvalue weighted by Gasteiger charge is -2.24. The van der Waals surface area contributed by atoms with Gasteiger partial charge in [-0.3, -0.25) is 0 Å². The number of amides is 2. The number of halogens is 1. The summed E-state index contributed by atoms with van der Waals surface area (Å²) >= 11 is 0. The summed E-state index contributed by atoms with van der Waals surface area (Å²) in [6.07, 6.45) is -3.06. The van der Waals surface area contributed by atoms with Gasteiger partial charge in [-0.2, -0.15) is 0 Å². The molecule has 0 radical (unpaired) electrons. The number of carbonyl (C=O) groups is 2. The predicted molar refractivity (Wildman–Crippen MR) is 84.0 cm³/mol. The van der Waals surface area contributed by atoms with Crippen LogP contribution in [0.3, 0.4) is 0 Å². The van der Waals surface area contributed by atoms with Crippen LogP contribution in [0.2, 0.25) is 0 Å². The summed E-state index contributed by atoms with van der Waals surface area (Å²) in [5, 5.41) is 13.9. The van der Waals surface area contributed by atoms with Crippen LogP contribution < -0.4 is 10.6 Å². The highest BCUT2D eigenvalue weighted by atomic mass is 19.1. The average molecular weight is 336 g/mol. The van der Waals surface area contributed by atoms with Crippen molar-refractivity contribution >= 4 is 12.2 Å². The van der Waals surface area contributed by atoms with Crippen molar-refractivity contribution in [3.63, 3.8) is 0 Å². The number of nitrogens with one attached hydrogen (secondary N) is 2. The van der Waals surface area contributed by atoms with Crippen LogP contribution in [0.5, 0.6) is 0 Å². The highest BCUT2D eigenvalue weighted by molar-refractivity contribution is 5.68. The quantitative estimate of drug-likeness (QED) is 0.690. The number of aliphatic hydroxyl groups is 1. The third kappa shape index (κ3) is 12.6. The first-order valence-corrected chi connectivity index (χ1v) is 7.53. The molecule has 0 heterocycles. The van der Waals surface area contributed by atoms with Gasteiger partial charge < -0.3 is 25.2 Å². The summed E-state index contributed by atoms with van der Waals surface area (Å²) < 4.78 is 23.9. The summed E-state index contributed by atoms with van der Waals surface area (Å²) in [6, 6.07) is -0.805. The second-order valence-electron chi connectivity index (χ2n) is 7.24. The summed E-state index contributed by atoms with van der Waals surface area (Å²) in [4.78, 5) is 23.0. The number of hydrogen-bond acceptors (Lipinski definition) is 5. The van der Waals surface area contributed by atoms with Crippen molar-refractivity contribution in [1.82, 2.24) is 10.6 Å². The molecule has 0 rings (SSSR count). The van der Waals surface area contributed by atoms with Crippen molar-refractivity contribution in [2.75, 3.05) is 13.2 Å². The molecule has 0 bridgehead atoms. The van der Waals surface area contributed by atoms with E-state index in [9.17, 15) is 19.1 Å². The minimum Gasteiger partial charge on any atom is -0.444 e. The number of hydrogen-bond donors (Lipinski definition) is 3. The van der Waals surface area contributed by atoms with E-state index < -0.39 is 42.2 Å². The molecule has 3 N–H and O–H groups in total. The van der Waals surface area contributed by atoms with Crippen LogP contribution in [0.15, 0.2) is 0 Å². The Labute approximate surface area is 136 Å². The van der Waals surface area contributed by atoms with Crippen LogP contribution in [-0.2, 0) is 9.47 Å². The second kappa shape index (κ2) is 8.90. The molecule has 0 aliphatic carbocycles. The lowest BCUT2D eigenvalue weighted by molar-refractivity contribution is 0.0449. The molecule has 0 fully saturated rings. The van der Waals surface area contributed by atoms with Gasteiger partial charge >= 0.3 is 12.2 Å². The molecule has 0 saturated carbocycles. The standard InChI is InChI=1S/C15H29FN2O5/c1-14(2,3)22-12(20)17-8-10(16)7-11(9-19)18-13(21)23-15(4,5)6/h10-11,19H,7-9H2,1-6H3,(H,17,20)(H,18,21)/t10-,11+/m1/s1. The normalized spacial score (nSPS) is 14.6. The summed E-state index contributed by atoms with van der Waals surface area (Å²) in [5.41, 5.74) is -1.35. The number of rotatable bonds is 6. The van der Waals surface area contributed by atoms with Crippen molar-refractivity contribution in [2.24, 2.45) is 0 Å². The molecule has 0 aromatic carbocycles. The van der Waals surface area contributed by atoms with Gasteiger partial charge in [0.05, 0.1) is 19.2 Å². The zero-order chi connectivity index (χ0) is 18.3. The first-order chi connectivity index (χ1) is 10.3. The fourth-order valence-electron chi connectivity index (χ4n) is 1.55. The van der Waals surface area contributed by atoms with Crippen molar-refractivity contribution in [1.29, 1.82) is 0 Å². The van der Waals surface area contributed by atoms with Gasteiger partial charge in [0.2, 0.25) is 0 Å². The molecule has 2 atom stereocenters. The summed E-state index contributed by atoms with van der Waals surface area (Å²) in [7, 11) is 0. The SMILES string of the molecule is CC(C)(C)OC(=O)NC[C@H](F)C[C@@H](CO)NC(=O)OC(C)(C)C. The maximum Gasteiger partial charge on any atom is 0.407 e. The van der Waals surface area contributed by atoms with E-state index in [1.165, 1.54) is 0 Å². The van der Waals surface area contributed by atoms with Crippen molar-refractivity contribution in [3.05, 3.63) is 0 Å². The molecule has 136 valence electrons. The molecular formula is C15H29FN2O5. The molecule has 0 saturated heterocycles. The van der Waals surface area contributed by atoms with Gasteiger partial charge in [0.15, 0.2) is 0 Å². The Hall–Kier alpha value is -1.57. The fourth-order valence-corrected chi connectivity index (χ4v) is 1.55. The zero-order valence-electron chi connectivity index (χ0n) is 14.7. The molecule has 23 heavy (non-hydrogen) atoms. The van der Waals surface area contributed by atoms with Crippen LogP contribution in [-0.4, -0.2) is 53.9 Å². The Kier molecular flexibility index (Phi) is 8.30. The Balaban J connectivity index is 4.21. The van der Waals surface area contributed by atoms with Gasteiger partial charge in [0.1, 0.15) is 17.4 Å². The first kappa shape index (κ1) is 21.4. The minimum atomic E-state index is -1.45. The third-order valence-electron chi connectivity index (χ3n) is 2.35. The smallest absolute Gasteiger partial charge is 0.407 e. The van der Waals surface area contributed by atoms with E-state index in [0.29, 0.717) is 0 Å². The maximum atomic E-state index is 13.8. The van der Waals surface area contributed by atoms with Crippen molar-refractivity contribution in [3.8, 4) is 0 Å². The number of alkyl carbamates (subject to hydrolysis) is 2. The fraction of sp³-hybridized carbons (Fsp3) is 0.867. The van der Waals surface area contributed by atoms with Crippen LogP contribution in [0.4, 0.5) is 14.0 Å². The van der Waals surface area contributed by atoms with E-state index in [1.54, 1.807) is 41.5 Å². The summed E-state index contributed by atoms with van der Waals surface area (Å²) in [5.74, 6) is 0. The topological polar surface area (TPSA) is 96.9 Å². The molecule has 0 spiro atoms. The van der Waals surface area contributed by atoms with E-state index in [0.717, 1.165) is 0 Å². The number of carbonyl (C=O) groups excluding carboxylic acids is 2. The van der Waals surface area contributed by atoms with Crippen LogP contribution >= 0.6 is 0 Å². The van der Waals surface area contributed by atoms with Gasteiger partial charge in [-0.25, -0.2) is 14.0 Å². The molecule has 7 nitrogen and oxygen atoms in total. The molecule has 0 aromatic heterocycles. The third-order valence-corrected chi connectivity index (χ3v) is 2.35. The van der Waals surface area contributed by atoms with Crippen LogP contribution in [0.1, 0.15) is 48.0 Å². The van der Waals surface area contributed by atoms with Crippen LogP contribution in [0.25, 0.3) is 0 Å². The van der Waals surface area contributed by atoms with Crippen molar-refractivity contribution in [2.45, 2.75) is 71.4 Å². The predicted octanol–water partition coefficient (Wildman–Crippen LogP) is 2.12. The Bertz CT molecular complexity index is 390. The molecule has 0 aromatic rings. The maximum absolute atomic E-state index is 13.8. The lowest BCUT2D eigenvalue weighted by atomic mass is 10.1. The highest BCUT2D eigenvalue weighted by Gasteiger charge is 2.23. The Morgan fingerprint density at radius 1 is 1.04 bits per heavy atom. The van der Waals surface area contributed by atoms with Gasteiger partial charge in [-0.05, 0) is 41.5 Å². The monoisotopic (exact) mass is 336 g/mol. The van der Waals surface area contributed by atoms with E-state index in [2.05, 4.69) is 10.6 Å². The second-order valence-corrected chi connectivity index (χ2v) is 7.24. The van der Waals surface area contributed by atoms with Gasteiger partial charge in [0.25, 0.3) is 0 Å². The largest absolute Gasteiger partial charge is 0.444 e. The van der Waals surface area contributed by atoms with E-state index in [4.69, 9.17) is 9.47 Å². The average Bonchev–Trinajstić information content (AvgIpc) is 2.31. The molecule has 0 aliphatic rings. The highest BCUT2D eigenvalue weighted by Crippen LogP contribution is 2.09. The first-order valence-electron chi connectivity index (χ1n) is 7.53. The molecule has 2 amide bonds. The molecule has 0 aliphatic heterocycles. The zero-order valence-corrected chi connectivity index (χ0v) is 14.7. The van der Waals surface area contributed by atoms with Gasteiger partial charge in [0, 0.05) is 6.42 Å². The Morgan fingerprint density at radius 2 is 1.52 bits per heavy atom. The molecular weight excluding hydrogens is 307 g/mol. The number of aliphatic hydroxyl groups excluding tert-OH is 1. The molecule has 8 heteroatoms. The van der Waals surface area contributed by atoms with Crippen molar-refractivity contribution < 1.29 is 28.6 Å². The number of alkyl halides is 1. The molecule has 0 unspecified atom stereocenters. The van der Waals surface area contributed by atoms with Gasteiger partial charge in [-0.1, -0.05) is 0 Å². The van der Waals surface area contributed by atoms with Gasteiger partial charge in [-0.15, -0.1) is 0 Å². The number of ether oxygens (including phenoxy) is 2. The summed E-state index contributed by atoms with van der Waals surface area (Å²) in [6.45, 7) is 9.48. The minimum absolute atomic E-state index is 0.161.